The van der Waals surface area contributed by atoms with Gasteiger partial charge in [-0.25, -0.2) is 0 Å². The summed E-state index contributed by atoms with van der Waals surface area (Å²) in [4.78, 5) is 0. The van der Waals surface area contributed by atoms with E-state index in [4.69, 9.17) is 0 Å². The van der Waals surface area contributed by atoms with Crippen LogP contribution in [0.5, 0.6) is 5.75 Å². The van der Waals surface area contributed by atoms with Crippen LogP contribution in [-0.2, 0) is 6.42 Å². The molecule has 0 spiro atoms. The van der Waals surface area contributed by atoms with Crippen LogP contribution in [0.2, 0.25) is 0 Å². The second kappa shape index (κ2) is 5.54. The van der Waals surface area contributed by atoms with Crippen molar-refractivity contribution >= 4 is 6.08 Å². The fourth-order valence-corrected chi connectivity index (χ4v) is 2.08. The maximum absolute atomic E-state index is 9.68. The van der Waals surface area contributed by atoms with Gasteiger partial charge in [-0.3, -0.25) is 0 Å². The zero-order chi connectivity index (χ0) is 13.0. The number of aryl methyl sites for hydroxylation is 2. The van der Waals surface area contributed by atoms with Crippen LogP contribution in [0.15, 0.2) is 48.5 Å². The molecule has 18 heavy (non-hydrogen) atoms. The highest BCUT2D eigenvalue weighted by Gasteiger charge is 1.99. The summed E-state index contributed by atoms with van der Waals surface area (Å²) >= 11 is 0. The lowest BCUT2D eigenvalue weighted by atomic mass is 10.0. The van der Waals surface area contributed by atoms with E-state index in [9.17, 15) is 5.11 Å². The first-order valence-electron chi connectivity index (χ1n) is 6.18. The molecule has 1 N–H and O–H groups in total. The van der Waals surface area contributed by atoms with Gasteiger partial charge in [0.1, 0.15) is 5.75 Å². The fourth-order valence-electron chi connectivity index (χ4n) is 2.08. The van der Waals surface area contributed by atoms with Crippen LogP contribution in [0.3, 0.4) is 0 Å². The van der Waals surface area contributed by atoms with Gasteiger partial charge in [-0.2, -0.15) is 0 Å². The zero-order valence-corrected chi connectivity index (χ0v) is 10.9. The predicted molar refractivity (Wildman–Crippen MR) is 76.8 cm³/mol. The van der Waals surface area contributed by atoms with Gasteiger partial charge in [-0.05, 0) is 48.6 Å². The molecule has 0 aliphatic heterocycles. The van der Waals surface area contributed by atoms with E-state index in [1.165, 1.54) is 16.7 Å². The van der Waals surface area contributed by atoms with Gasteiger partial charge < -0.3 is 5.11 Å². The van der Waals surface area contributed by atoms with Gasteiger partial charge in [-0.1, -0.05) is 48.6 Å². The first-order valence-corrected chi connectivity index (χ1v) is 6.18. The van der Waals surface area contributed by atoms with E-state index in [1.54, 1.807) is 6.07 Å². The van der Waals surface area contributed by atoms with E-state index >= 15 is 0 Å². The molecule has 92 valence electrons. The van der Waals surface area contributed by atoms with Crippen LogP contribution in [0.25, 0.3) is 6.08 Å². The molecular weight excluding hydrogens is 220 g/mol. The van der Waals surface area contributed by atoms with Crippen molar-refractivity contribution in [1.82, 2.24) is 0 Å². The van der Waals surface area contributed by atoms with E-state index in [0.29, 0.717) is 5.75 Å². The highest BCUT2D eigenvalue weighted by Crippen LogP contribution is 2.19. The molecule has 0 aliphatic carbocycles. The number of para-hydroxylation sites is 1. The Morgan fingerprint density at radius 2 is 1.61 bits per heavy atom. The molecule has 0 saturated carbocycles. The molecule has 0 saturated heterocycles. The molecule has 2 aromatic rings. The van der Waals surface area contributed by atoms with E-state index < -0.39 is 0 Å². The van der Waals surface area contributed by atoms with Crippen molar-refractivity contribution in [3.05, 3.63) is 70.8 Å². The summed E-state index contributed by atoms with van der Waals surface area (Å²) in [6, 6.07) is 13.8. The third-order valence-corrected chi connectivity index (χ3v) is 3.16. The standard InChI is InChI=1S/C17H18O/c1-13-7-5-8-14(2)16(13)11-6-10-15-9-3-4-12-17(15)18/h3-9,11-12,18H,10H2,1-2H3/b11-6+. The number of hydrogen-bond donors (Lipinski definition) is 1. The number of rotatable bonds is 3. The number of aromatic hydroxyl groups is 1. The Balaban J connectivity index is 2.15. The minimum absolute atomic E-state index is 0.364. The largest absolute Gasteiger partial charge is 0.508 e. The molecule has 0 aliphatic rings. The number of benzene rings is 2. The Morgan fingerprint density at radius 3 is 2.28 bits per heavy atom. The summed E-state index contributed by atoms with van der Waals surface area (Å²) < 4.78 is 0. The quantitative estimate of drug-likeness (QED) is 0.846. The van der Waals surface area contributed by atoms with Gasteiger partial charge in [0.15, 0.2) is 0 Å². The average molecular weight is 238 g/mol. The molecule has 0 unspecified atom stereocenters. The van der Waals surface area contributed by atoms with Crippen LogP contribution in [0.4, 0.5) is 0 Å². The normalized spacial score (nSPS) is 11.0. The maximum atomic E-state index is 9.68. The van der Waals surface area contributed by atoms with E-state index in [0.717, 1.165) is 12.0 Å². The lowest BCUT2D eigenvalue weighted by molar-refractivity contribution is 0.470. The van der Waals surface area contributed by atoms with Crippen molar-refractivity contribution in [3.63, 3.8) is 0 Å². The van der Waals surface area contributed by atoms with Gasteiger partial charge in [0.25, 0.3) is 0 Å². The molecule has 0 fully saturated rings. The van der Waals surface area contributed by atoms with Crippen molar-refractivity contribution in [2.75, 3.05) is 0 Å². The second-order valence-electron chi connectivity index (χ2n) is 4.54. The van der Waals surface area contributed by atoms with Crippen LogP contribution < -0.4 is 0 Å². The summed E-state index contributed by atoms with van der Waals surface area (Å²) in [5, 5.41) is 9.68. The Kier molecular flexibility index (Phi) is 3.83. The SMILES string of the molecule is Cc1cccc(C)c1/C=C/Cc1ccccc1O. The molecule has 2 aromatic carbocycles. The topological polar surface area (TPSA) is 20.2 Å². The molecule has 0 aromatic heterocycles. The van der Waals surface area contributed by atoms with Gasteiger partial charge in [-0.15, -0.1) is 0 Å². The van der Waals surface area contributed by atoms with Crippen molar-refractivity contribution in [2.24, 2.45) is 0 Å². The summed E-state index contributed by atoms with van der Waals surface area (Å²) in [6.45, 7) is 4.24. The molecule has 2 rings (SSSR count). The molecule has 0 radical (unpaired) electrons. The van der Waals surface area contributed by atoms with Crippen LogP contribution in [0.1, 0.15) is 22.3 Å². The lowest BCUT2D eigenvalue weighted by Crippen LogP contribution is -1.86. The first-order chi connectivity index (χ1) is 8.68. The Labute approximate surface area is 108 Å². The maximum Gasteiger partial charge on any atom is 0.119 e. The summed E-state index contributed by atoms with van der Waals surface area (Å²) in [7, 11) is 0. The van der Waals surface area contributed by atoms with Crippen molar-refractivity contribution in [1.29, 1.82) is 0 Å². The third-order valence-electron chi connectivity index (χ3n) is 3.16. The molecule has 0 amide bonds. The molecule has 1 heteroatoms. The highest BCUT2D eigenvalue weighted by molar-refractivity contribution is 5.58. The average Bonchev–Trinajstić information content (AvgIpc) is 2.35. The number of hydrogen-bond acceptors (Lipinski definition) is 1. The van der Waals surface area contributed by atoms with E-state index in [2.05, 4.69) is 44.2 Å². The predicted octanol–water partition coefficient (Wildman–Crippen LogP) is 4.26. The smallest absolute Gasteiger partial charge is 0.119 e. The zero-order valence-electron chi connectivity index (χ0n) is 10.9. The summed E-state index contributed by atoms with van der Waals surface area (Å²) in [5.41, 5.74) is 4.79. The van der Waals surface area contributed by atoms with Crippen molar-refractivity contribution in [3.8, 4) is 5.75 Å². The van der Waals surface area contributed by atoms with Crippen LogP contribution in [-0.4, -0.2) is 5.11 Å². The monoisotopic (exact) mass is 238 g/mol. The second-order valence-corrected chi connectivity index (χ2v) is 4.54. The van der Waals surface area contributed by atoms with Crippen molar-refractivity contribution in [2.45, 2.75) is 20.3 Å². The molecular formula is C17H18O. The van der Waals surface area contributed by atoms with Gasteiger partial charge >= 0.3 is 0 Å². The lowest BCUT2D eigenvalue weighted by Gasteiger charge is -2.04. The minimum atomic E-state index is 0.364. The summed E-state index contributed by atoms with van der Waals surface area (Å²) in [6.07, 6.45) is 4.99. The Morgan fingerprint density at radius 1 is 0.944 bits per heavy atom. The van der Waals surface area contributed by atoms with Gasteiger partial charge in [0.2, 0.25) is 0 Å². The summed E-state index contributed by atoms with van der Waals surface area (Å²) in [5.74, 6) is 0.364. The number of phenols is 1. The van der Waals surface area contributed by atoms with Gasteiger partial charge in [0.05, 0.1) is 0 Å². The van der Waals surface area contributed by atoms with Crippen LogP contribution >= 0.6 is 0 Å². The van der Waals surface area contributed by atoms with Gasteiger partial charge in [0, 0.05) is 0 Å². The van der Waals surface area contributed by atoms with Crippen LogP contribution in [0, 0.1) is 13.8 Å². The highest BCUT2D eigenvalue weighted by atomic mass is 16.3. The third kappa shape index (κ3) is 2.80. The first kappa shape index (κ1) is 12.4. The molecule has 1 nitrogen and oxygen atoms in total. The molecule has 0 atom stereocenters. The number of phenolic OH excluding ortho intramolecular Hbond substituents is 1. The van der Waals surface area contributed by atoms with Crippen molar-refractivity contribution < 1.29 is 5.11 Å². The van der Waals surface area contributed by atoms with E-state index in [-0.39, 0.29) is 0 Å². The minimum Gasteiger partial charge on any atom is -0.508 e. The fraction of sp³-hybridized carbons (Fsp3) is 0.176. The Bertz CT molecular complexity index is 547. The molecule has 0 heterocycles. The molecule has 0 bridgehead atoms. The number of allylic oxidation sites excluding steroid dienone is 1. The Hall–Kier alpha value is -2.02. The van der Waals surface area contributed by atoms with E-state index in [1.807, 2.05) is 18.2 Å².